The van der Waals surface area contributed by atoms with Gasteiger partial charge in [-0.05, 0) is 44.3 Å². The molecule has 1 N–H and O–H groups in total. The smallest absolute Gasteiger partial charge is 0.0234 e. The number of hydrogen-bond acceptors (Lipinski definition) is 3. The minimum Gasteiger partial charge on any atom is -0.316 e. The van der Waals surface area contributed by atoms with E-state index in [2.05, 4.69) is 46.3 Å². The van der Waals surface area contributed by atoms with E-state index in [1.54, 1.807) is 0 Å². The minimum atomic E-state index is 0.877. The summed E-state index contributed by atoms with van der Waals surface area (Å²) in [7, 11) is 0. The summed E-state index contributed by atoms with van der Waals surface area (Å²) in [6, 6.07) is 8.93. The van der Waals surface area contributed by atoms with Crippen molar-refractivity contribution in [3.05, 3.63) is 35.4 Å². The van der Waals surface area contributed by atoms with Crippen LogP contribution in [0.15, 0.2) is 24.3 Å². The molecule has 0 aromatic heterocycles. The molecule has 3 heteroatoms. The molecule has 1 aromatic carbocycles. The SMILES string of the molecule is Cc1cccc(CN2CCN(C[C@H]3CCCNC3)CC2)c1. The summed E-state index contributed by atoms with van der Waals surface area (Å²) in [6.07, 6.45) is 2.77. The lowest BCUT2D eigenvalue weighted by molar-refractivity contribution is 0.108. The first-order chi connectivity index (χ1) is 10.3. The average Bonchev–Trinajstić information content (AvgIpc) is 2.50. The molecule has 0 amide bonds. The van der Waals surface area contributed by atoms with Gasteiger partial charge in [0.2, 0.25) is 0 Å². The lowest BCUT2D eigenvalue weighted by Gasteiger charge is -2.37. The standard InChI is InChI=1S/C18H29N3/c1-16-4-2-5-17(12-16)14-20-8-10-21(11-9-20)15-18-6-3-7-19-13-18/h2,4-5,12,18-19H,3,6-11,13-15H2,1H3/t18-/m0/s1. The van der Waals surface area contributed by atoms with Crippen molar-refractivity contribution in [1.82, 2.24) is 15.1 Å². The van der Waals surface area contributed by atoms with Crippen molar-refractivity contribution in [2.45, 2.75) is 26.3 Å². The number of benzene rings is 1. The van der Waals surface area contributed by atoms with Crippen LogP contribution < -0.4 is 5.32 Å². The van der Waals surface area contributed by atoms with Gasteiger partial charge in [0.15, 0.2) is 0 Å². The molecule has 0 unspecified atom stereocenters. The summed E-state index contributed by atoms with van der Waals surface area (Å²) in [5, 5.41) is 3.53. The van der Waals surface area contributed by atoms with Crippen molar-refractivity contribution in [2.75, 3.05) is 45.8 Å². The monoisotopic (exact) mass is 287 g/mol. The Hall–Kier alpha value is -0.900. The highest BCUT2D eigenvalue weighted by molar-refractivity contribution is 5.22. The second kappa shape index (κ2) is 7.39. The molecule has 2 aliphatic heterocycles. The van der Waals surface area contributed by atoms with Crippen LogP contribution in [0.4, 0.5) is 0 Å². The number of hydrogen-bond donors (Lipinski definition) is 1. The van der Waals surface area contributed by atoms with Gasteiger partial charge in [-0.2, -0.15) is 0 Å². The van der Waals surface area contributed by atoms with Crippen molar-refractivity contribution in [3.63, 3.8) is 0 Å². The fraction of sp³-hybridized carbons (Fsp3) is 0.667. The van der Waals surface area contributed by atoms with Crippen molar-refractivity contribution < 1.29 is 0 Å². The van der Waals surface area contributed by atoms with Gasteiger partial charge in [-0.1, -0.05) is 29.8 Å². The average molecular weight is 287 g/mol. The van der Waals surface area contributed by atoms with Crippen LogP contribution in [-0.2, 0) is 6.54 Å². The van der Waals surface area contributed by atoms with Gasteiger partial charge in [-0.3, -0.25) is 4.90 Å². The maximum absolute atomic E-state index is 3.53. The number of nitrogens with zero attached hydrogens (tertiary/aromatic N) is 2. The molecule has 2 heterocycles. The van der Waals surface area contributed by atoms with Gasteiger partial charge >= 0.3 is 0 Å². The molecule has 0 aliphatic carbocycles. The first-order valence-electron chi connectivity index (χ1n) is 8.50. The zero-order valence-electron chi connectivity index (χ0n) is 13.4. The van der Waals surface area contributed by atoms with Crippen molar-refractivity contribution in [2.24, 2.45) is 5.92 Å². The highest BCUT2D eigenvalue weighted by Gasteiger charge is 2.21. The van der Waals surface area contributed by atoms with Crippen LogP contribution in [0.2, 0.25) is 0 Å². The van der Waals surface area contributed by atoms with E-state index >= 15 is 0 Å². The zero-order chi connectivity index (χ0) is 14.5. The Labute approximate surface area is 129 Å². The van der Waals surface area contributed by atoms with E-state index < -0.39 is 0 Å². The van der Waals surface area contributed by atoms with Crippen LogP contribution in [0.5, 0.6) is 0 Å². The lowest BCUT2D eigenvalue weighted by Crippen LogP contribution is -2.48. The van der Waals surface area contributed by atoms with Crippen molar-refractivity contribution in [1.29, 1.82) is 0 Å². The number of aryl methyl sites for hydroxylation is 1. The molecule has 2 aliphatic rings. The molecule has 0 bridgehead atoms. The number of piperidine rings is 1. The third-order valence-electron chi connectivity index (χ3n) is 4.87. The van der Waals surface area contributed by atoms with Crippen LogP contribution in [0.25, 0.3) is 0 Å². The van der Waals surface area contributed by atoms with Crippen LogP contribution in [0, 0.1) is 12.8 Å². The predicted octanol–water partition coefficient (Wildman–Crippen LogP) is 2.11. The van der Waals surface area contributed by atoms with E-state index in [4.69, 9.17) is 0 Å². The predicted molar refractivity (Wildman–Crippen MR) is 88.5 cm³/mol. The summed E-state index contributed by atoms with van der Waals surface area (Å²) in [5.41, 5.74) is 2.83. The van der Waals surface area contributed by atoms with E-state index in [9.17, 15) is 0 Å². The van der Waals surface area contributed by atoms with Gasteiger partial charge in [0.25, 0.3) is 0 Å². The molecule has 3 rings (SSSR count). The summed E-state index contributed by atoms with van der Waals surface area (Å²) >= 11 is 0. The zero-order valence-corrected chi connectivity index (χ0v) is 13.4. The van der Waals surface area contributed by atoms with Crippen LogP contribution in [0.1, 0.15) is 24.0 Å². The van der Waals surface area contributed by atoms with Gasteiger partial charge in [0, 0.05) is 39.3 Å². The van der Waals surface area contributed by atoms with E-state index in [1.165, 1.54) is 69.8 Å². The number of piperazine rings is 1. The van der Waals surface area contributed by atoms with Crippen LogP contribution in [-0.4, -0.2) is 55.6 Å². The molecule has 0 spiro atoms. The van der Waals surface area contributed by atoms with E-state index in [1.807, 2.05) is 0 Å². The molecule has 1 atom stereocenters. The molecule has 116 valence electrons. The molecular formula is C18H29N3. The normalized spacial score (nSPS) is 25.1. The van der Waals surface area contributed by atoms with E-state index in [-0.39, 0.29) is 0 Å². The van der Waals surface area contributed by atoms with E-state index in [0.717, 1.165) is 12.5 Å². The van der Waals surface area contributed by atoms with Crippen molar-refractivity contribution in [3.8, 4) is 0 Å². The molecule has 0 saturated carbocycles. The molecule has 2 saturated heterocycles. The fourth-order valence-electron chi connectivity index (χ4n) is 3.64. The molecular weight excluding hydrogens is 258 g/mol. The summed E-state index contributed by atoms with van der Waals surface area (Å²) in [5.74, 6) is 0.877. The topological polar surface area (TPSA) is 18.5 Å². The Balaban J connectivity index is 1.42. The third kappa shape index (κ3) is 4.53. The highest BCUT2D eigenvalue weighted by atomic mass is 15.3. The molecule has 21 heavy (non-hydrogen) atoms. The summed E-state index contributed by atoms with van der Waals surface area (Å²) in [4.78, 5) is 5.27. The Bertz CT molecular complexity index is 432. The van der Waals surface area contributed by atoms with Crippen LogP contribution >= 0.6 is 0 Å². The Morgan fingerprint density at radius 1 is 1.14 bits per heavy atom. The van der Waals surface area contributed by atoms with Gasteiger partial charge < -0.3 is 10.2 Å². The molecule has 1 aromatic rings. The molecule has 3 nitrogen and oxygen atoms in total. The maximum atomic E-state index is 3.53. The van der Waals surface area contributed by atoms with Crippen LogP contribution in [0.3, 0.4) is 0 Å². The second-order valence-electron chi connectivity index (χ2n) is 6.78. The first-order valence-corrected chi connectivity index (χ1v) is 8.50. The van der Waals surface area contributed by atoms with E-state index in [0.29, 0.717) is 0 Å². The largest absolute Gasteiger partial charge is 0.316 e. The van der Waals surface area contributed by atoms with Crippen molar-refractivity contribution >= 4 is 0 Å². The first kappa shape index (κ1) is 15.0. The van der Waals surface area contributed by atoms with Gasteiger partial charge in [0.1, 0.15) is 0 Å². The highest BCUT2D eigenvalue weighted by Crippen LogP contribution is 2.15. The number of nitrogens with one attached hydrogen (secondary N) is 1. The summed E-state index contributed by atoms with van der Waals surface area (Å²) < 4.78 is 0. The lowest BCUT2D eigenvalue weighted by atomic mass is 9.99. The second-order valence-corrected chi connectivity index (χ2v) is 6.78. The Morgan fingerprint density at radius 2 is 1.95 bits per heavy atom. The molecule has 2 fully saturated rings. The Morgan fingerprint density at radius 3 is 2.67 bits per heavy atom. The maximum Gasteiger partial charge on any atom is 0.0234 e. The molecule has 0 radical (unpaired) electrons. The summed E-state index contributed by atoms with van der Waals surface area (Å²) in [6.45, 7) is 11.9. The van der Waals surface area contributed by atoms with Gasteiger partial charge in [-0.15, -0.1) is 0 Å². The number of rotatable bonds is 4. The van der Waals surface area contributed by atoms with Gasteiger partial charge in [-0.25, -0.2) is 0 Å². The Kier molecular flexibility index (Phi) is 5.28. The quantitative estimate of drug-likeness (QED) is 0.915. The fourth-order valence-corrected chi connectivity index (χ4v) is 3.64. The van der Waals surface area contributed by atoms with Gasteiger partial charge in [0.05, 0.1) is 0 Å². The third-order valence-corrected chi connectivity index (χ3v) is 4.87. The minimum absolute atomic E-state index is 0.877.